The minimum Gasteiger partial charge on any atom is -0.406 e. The molecule has 1 fully saturated rings. The van der Waals surface area contributed by atoms with Crippen molar-refractivity contribution in [2.24, 2.45) is 0 Å². The van der Waals surface area contributed by atoms with Gasteiger partial charge in [-0.3, -0.25) is 4.79 Å². The number of methoxy groups -OCH3 is 1. The summed E-state index contributed by atoms with van der Waals surface area (Å²) >= 11 is 0. The lowest BCUT2D eigenvalue weighted by atomic mass is 9.76. The first-order valence-corrected chi connectivity index (χ1v) is 6.73. The Bertz CT molecular complexity index is 484. The van der Waals surface area contributed by atoms with Gasteiger partial charge >= 0.3 is 6.36 Å². The molecule has 0 N–H and O–H groups in total. The first-order valence-electron chi connectivity index (χ1n) is 6.73. The average molecular weight is 302 g/mol. The highest BCUT2D eigenvalue weighted by atomic mass is 19.4. The Hall–Kier alpha value is -1.56. The van der Waals surface area contributed by atoms with Crippen LogP contribution in [-0.4, -0.2) is 24.9 Å². The zero-order valence-electron chi connectivity index (χ0n) is 11.7. The minimum atomic E-state index is -4.70. The van der Waals surface area contributed by atoms with Gasteiger partial charge in [0.2, 0.25) is 0 Å². The zero-order chi connectivity index (χ0) is 15.5. The van der Waals surface area contributed by atoms with Crippen LogP contribution in [0.4, 0.5) is 13.2 Å². The molecular weight excluding hydrogens is 285 g/mol. The summed E-state index contributed by atoms with van der Waals surface area (Å²) in [6.45, 7) is 0. The first-order chi connectivity index (χ1) is 9.82. The monoisotopic (exact) mass is 302 g/mol. The minimum absolute atomic E-state index is 0.0287. The normalized spacial score (nSPS) is 17.1. The van der Waals surface area contributed by atoms with Gasteiger partial charge in [-0.25, -0.2) is 0 Å². The standard InChI is InChI=1S/C15H17F3O3/c1-20-14(7-2-8-14)10-12(19)9-11-3-5-13(6-4-11)21-15(16,17)18/h3-6H,2,7-10H2,1H3. The molecule has 21 heavy (non-hydrogen) atoms. The van der Waals surface area contributed by atoms with Crippen LogP contribution in [0.15, 0.2) is 24.3 Å². The molecule has 1 aliphatic rings. The number of carbonyl (C=O) groups excluding carboxylic acids is 1. The number of hydrogen-bond donors (Lipinski definition) is 0. The van der Waals surface area contributed by atoms with Crippen LogP contribution in [0.2, 0.25) is 0 Å². The van der Waals surface area contributed by atoms with Crippen molar-refractivity contribution in [2.45, 2.75) is 44.1 Å². The number of carbonyl (C=O) groups is 1. The summed E-state index contributed by atoms with van der Waals surface area (Å²) in [6.07, 6.45) is -1.33. The molecule has 6 heteroatoms. The smallest absolute Gasteiger partial charge is 0.406 e. The fourth-order valence-electron chi connectivity index (χ4n) is 2.48. The molecule has 2 rings (SSSR count). The van der Waals surface area contributed by atoms with Crippen molar-refractivity contribution >= 4 is 5.78 Å². The van der Waals surface area contributed by atoms with E-state index in [1.807, 2.05) is 0 Å². The van der Waals surface area contributed by atoms with Crippen LogP contribution in [0.25, 0.3) is 0 Å². The number of halogens is 3. The fourth-order valence-corrected chi connectivity index (χ4v) is 2.48. The third-order valence-electron chi connectivity index (χ3n) is 3.78. The Morgan fingerprint density at radius 1 is 1.24 bits per heavy atom. The highest BCUT2D eigenvalue weighted by molar-refractivity contribution is 5.82. The van der Waals surface area contributed by atoms with Gasteiger partial charge in [-0.2, -0.15) is 0 Å². The van der Waals surface area contributed by atoms with Crippen LogP contribution in [0.1, 0.15) is 31.2 Å². The van der Waals surface area contributed by atoms with Crippen LogP contribution < -0.4 is 4.74 Å². The van der Waals surface area contributed by atoms with Crippen LogP contribution in [0.5, 0.6) is 5.75 Å². The number of Topliss-reactive ketones (excluding diaryl/α,β-unsaturated/α-hetero) is 1. The van der Waals surface area contributed by atoms with E-state index in [0.717, 1.165) is 19.3 Å². The first kappa shape index (κ1) is 15.8. The van der Waals surface area contributed by atoms with E-state index in [4.69, 9.17) is 4.74 Å². The molecule has 0 atom stereocenters. The van der Waals surface area contributed by atoms with Gasteiger partial charge in [0.1, 0.15) is 11.5 Å². The van der Waals surface area contributed by atoms with E-state index in [1.54, 1.807) is 7.11 Å². The largest absolute Gasteiger partial charge is 0.573 e. The van der Waals surface area contributed by atoms with E-state index in [0.29, 0.717) is 12.0 Å². The topological polar surface area (TPSA) is 35.5 Å². The van der Waals surface area contributed by atoms with Crippen molar-refractivity contribution < 1.29 is 27.4 Å². The summed E-state index contributed by atoms with van der Waals surface area (Å²) in [5.74, 6) is -0.257. The highest BCUT2D eigenvalue weighted by Gasteiger charge is 2.38. The predicted octanol–water partition coefficient (Wildman–Crippen LogP) is 3.66. The Morgan fingerprint density at radius 3 is 2.29 bits per heavy atom. The number of rotatable bonds is 6. The lowest BCUT2D eigenvalue weighted by molar-refractivity contribution is -0.274. The molecule has 0 saturated heterocycles. The van der Waals surface area contributed by atoms with Gasteiger partial charge in [0, 0.05) is 20.0 Å². The summed E-state index contributed by atoms with van der Waals surface area (Å²) in [6, 6.07) is 5.37. The Morgan fingerprint density at radius 2 is 1.86 bits per heavy atom. The second-order valence-corrected chi connectivity index (χ2v) is 5.32. The van der Waals surface area contributed by atoms with E-state index < -0.39 is 6.36 Å². The third kappa shape index (κ3) is 4.46. The molecule has 3 nitrogen and oxygen atoms in total. The second-order valence-electron chi connectivity index (χ2n) is 5.32. The molecule has 1 saturated carbocycles. The number of ketones is 1. The van der Waals surface area contributed by atoms with Crippen LogP contribution in [0, 0.1) is 0 Å². The molecule has 116 valence electrons. The molecule has 0 bridgehead atoms. The van der Waals surface area contributed by atoms with Gasteiger partial charge in [-0.05, 0) is 37.0 Å². The third-order valence-corrected chi connectivity index (χ3v) is 3.78. The summed E-state index contributed by atoms with van der Waals surface area (Å²) < 4.78 is 45.3. The van der Waals surface area contributed by atoms with Crippen LogP contribution in [-0.2, 0) is 16.0 Å². The molecule has 1 aromatic rings. The van der Waals surface area contributed by atoms with E-state index in [9.17, 15) is 18.0 Å². The van der Waals surface area contributed by atoms with Gasteiger partial charge in [0.05, 0.1) is 5.60 Å². The van der Waals surface area contributed by atoms with E-state index in [-0.39, 0.29) is 23.6 Å². The van der Waals surface area contributed by atoms with Crippen molar-refractivity contribution in [1.82, 2.24) is 0 Å². The van der Waals surface area contributed by atoms with Gasteiger partial charge in [0.15, 0.2) is 0 Å². The number of alkyl halides is 3. The summed E-state index contributed by atoms with van der Waals surface area (Å²) in [5.41, 5.74) is 0.344. The van der Waals surface area contributed by atoms with E-state index in [2.05, 4.69) is 4.74 Å². The molecule has 0 amide bonds. The molecule has 0 aromatic heterocycles. The van der Waals surface area contributed by atoms with E-state index >= 15 is 0 Å². The zero-order valence-corrected chi connectivity index (χ0v) is 11.7. The lowest BCUT2D eigenvalue weighted by Crippen LogP contribution is -2.41. The molecular formula is C15H17F3O3. The van der Waals surface area contributed by atoms with E-state index in [1.165, 1.54) is 24.3 Å². The van der Waals surface area contributed by atoms with Gasteiger partial charge in [-0.1, -0.05) is 12.1 Å². The van der Waals surface area contributed by atoms with Crippen molar-refractivity contribution in [3.8, 4) is 5.75 Å². The summed E-state index contributed by atoms with van der Waals surface area (Å²) in [4.78, 5) is 12.0. The Kier molecular flexibility index (Phi) is 4.56. The predicted molar refractivity (Wildman–Crippen MR) is 70.0 cm³/mol. The second kappa shape index (κ2) is 6.05. The maximum atomic E-state index is 12.0. The van der Waals surface area contributed by atoms with Crippen molar-refractivity contribution in [3.05, 3.63) is 29.8 Å². The molecule has 0 unspecified atom stereocenters. The van der Waals surface area contributed by atoms with Crippen LogP contribution in [0.3, 0.4) is 0 Å². The lowest BCUT2D eigenvalue weighted by Gasteiger charge is -2.40. The molecule has 1 aliphatic carbocycles. The van der Waals surface area contributed by atoms with Gasteiger partial charge in [0.25, 0.3) is 0 Å². The molecule has 0 aliphatic heterocycles. The fraction of sp³-hybridized carbons (Fsp3) is 0.533. The van der Waals surface area contributed by atoms with Crippen molar-refractivity contribution in [2.75, 3.05) is 7.11 Å². The molecule has 0 spiro atoms. The molecule has 0 heterocycles. The van der Waals surface area contributed by atoms with Gasteiger partial charge in [-0.15, -0.1) is 13.2 Å². The maximum Gasteiger partial charge on any atom is 0.573 e. The summed E-state index contributed by atoms with van der Waals surface area (Å²) in [7, 11) is 1.61. The Balaban J connectivity index is 1.89. The van der Waals surface area contributed by atoms with Crippen molar-refractivity contribution in [3.63, 3.8) is 0 Å². The molecule has 0 radical (unpaired) electrons. The number of hydrogen-bond acceptors (Lipinski definition) is 3. The number of ether oxygens (including phenoxy) is 2. The maximum absolute atomic E-state index is 12.0. The average Bonchev–Trinajstić information content (AvgIpc) is 2.34. The highest BCUT2D eigenvalue weighted by Crippen LogP contribution is 2.38. The molecule has 1 aromatic carbocycles. The Labute approximate surface area is 121 Å². The van der Waals surface area contributed by atoms with Crippen LogP contribution >= 0.6 is 0 Å². The quantitative estimate of drug-likeness (QED) is 0.804. The number of benzene rings is 1. The summed E-state index contributed by atoms with van der Waals surface area (Å²) in [5, 5.41) is 0. The SMILES string of the molecule is COC1(CC(=O)Cc2ccc(OC(F)(F)F)cc2)CCC1. The van der Waals surface area contributed by atoms with Gasteiger partial charge < -0.3 is 9.47 Å². The van der Waals surface area contributed by atoms with Crippen molar-refractivity contribution in [1.29, 1.82) is 0 Å².